The Morgan fingerprint density at radius 2 is 2.12 bits per heavy atom. The van der Waals surface area contributed by atoms with Gasteiger partial charge in [-0.15, -0.1) is 5.10 Å². The van der Waals surface area contributed by atoms with Gasteiger partial charge in [0.15, 0.2) is 17.1 Å². The average Bonchev–Trinajstić information content (AvgIpc) is 3.21. The number of aromatic amines is 1. The van der Waals surface area contributed by atoms with Gasteiger partial charge in [-0.05, 0) is 20.8 Å². The standard InChI is InChI=1S/C13H13N9O2/c1-6-10(22(23)24)7(2)21(18-6)8(3)11-16-13-9-4-15-17-12(9)14-5-20(13)19-11/h4-5,8H,1-3H3,(H,15,17). The van der Waals surface area contributed by atoms with E-state index in [1.54, 1.807) is 35.6 Å². The minimum Gasteiger partial charge on any atom is -0.261 e. The Bertz CT molecular complexity index is 1090. The summed E-state index contributed by atoms with van der Waals surface area (Å²) in [6.07, 6.45) is 3.18. The quantitative estimate of drug-likeness (QED) is 0.443. The van der Waals surface area contributed by atoms with Crippen LogP contribution in [0.3, 0.4) is 0 Å². The molecule has 4 rings (SSSR count). The molecule has 4 aromatic heterocycles. The Labute approximate surface area is 134 Å². The highest BCUT2D eigenvalue weighted by molar-refractivity contribution is 5.87. The number of nitro groups is 1. The average molecular weight is 327 g/mol. The van der Waals surface area contributed by atoms with E-state index in [0.717, 1.165) is 5.39 Å². The van der Waals surface area contributed by atoms with Crippen LogP contribution in [0.15, 0.2) is 12.5 Å². The zero-order valence-electron chi connectivity index (χ0n) is 13.1. The van der Waals surface area contributed by atoms with Crippen LogP contribution in [0, 0.1) is 24.0 Å². The van der Waals surface area contributed by atoms with E-state index in [0.29, 0.717) is 28.5 Å². The number of hydrogen-bond acceptors (Lipinski definition) is 7. The van der Waals surface area contributed by atoms with E-state index in [1.165, 1.54) is 0 Å². The van der Waals surface area contributed by atoms with Crippen LogP contribution in [-0.2, 0) is 0 Å². The van der Waals surface area contributed by atoms with Gasteiger partial charge in [-0.2, -0.15) is 10.2 Å². The molecule has 1 unspecified atom stereocenters. The number of nitrogens with one attached hydrogen (secondary N) is 1. The van der Waals surface area contributed by atoms with Gasteiger partial charge in [-0.1, -0.05) is 0 Å². The first-order valence-electron chi connectivity index (χ1n) is 7.22. The molecule has 0 saturated carbocycles. The summed E-state index contributed by atoms with van der Waals surface area (Å²) in [4.78, 5) is 19.5. The lowest BCUT2D eigenvalue weighted by molar-refractivity contribution is -0.386. The lowest BCUT2D eigenvalue weighted by Crippen LogP contribution is -2.12. The molecule has 0 radical (unpaired) electrons. The number of nitrogens with zero attached hydrogens (tertiary/aromatic N) is 8. The van der Waals surface area contributed by atoms with Crippen molar-refractivity contribution in [3.05, 3.63) is 39.9 Å². The summed E-state index contributed by atoms with van der Waals surface area (Å²) in [6.45, 7) is 5.13. The van der Waals surface area contributed by atoms with Crippen LogP contribution >= 0.6 is 0 Å². The maximum Gasteiger partial charge on any atom is 0.312 e. The molecule has 0 spiro atoms. The van der Waals surface area contributed by atoms with Gasteiger partial charge in [-0.25, -0.2) is 14.5 Å². The third-order valence-electron chi connectivity index (χ3n) is 4.01. The number of aromatic nitrogens is 8. The third-order valence-corrected chi connectivity index (χ3v) is 4.01. The number of rotatable bonds is 3. The molecule has 4 aromatic rings. The summed E-state index contributed by atoms with van der Waals surface area (Å²) >= 11 is 0. The summed E-state index contributed by atoms with van der Waals surface area (Å²) in [5.74, 6) is 0.492. The summed E-state index contributed by atoms with van der Waals surface area (Å²) in [5.41, 5.74) is 2.09. The van der Waals surface area contributed by atoms with Gasteiger partial charge in [0.05, 0.1) is 16.5 Å². The molecule has 0 bridgehead atoms. The molecule has 1 atom stereocenters. The Morgan fingerprint density at radius 3 is 2.83 bits per heavy atom. The van der Waals surface area contributed by atoms with Crippen LogP contribution in [0.1, 0.15) is 30.2 Å². The van der Waals surface area contributed by atoms with E-state index < -0.39 is 4.92 Å². The maximum absolute atomic E-state index is 11.2. The predicted molar refractivity (Wildman–Crippen MR) is 82.6 cm³/mol. The molecular weight excluding hydrogens is 314 g/mol. The molecule has 0 aromatic carbocycles. The van der Waals surface area contributed by atoms with Crippen LogP contribution < -0.4 is 0 Å². The van der Waals surface area contributed by atoms with Gasteiger partial charge in [-0.3, -0.25) is 19.9 Å². The molecular formula is C13H13N9O2. The molecule has 1 N–H and O–H groups in total. The molecule has 11 nitrogen and oxygen atoms in total. The van der Waals surface area contributed by atoms with Gasteiger partial charge in [0.2, 0.25) is 0 Å². The second-order valence-corrected chi connectivity index (χ2v) is 5.51. The fraction of sp³-hybridized carbons (Fsp3) is 0.308. The topological polar surface area (TPSA) is 133 Å². The molecule has 4 heterocycles. The van der Waals surface area contributed by atoms with Crippen molar-refractivity contribution in [2.45, 2.75) is 26.8 Å². The van der Waals surface area contributed by atoms with Gasteiger partial charge < -0.3 is 0 Å². The van der Waals surface area contributed by atoms with Crippen LogP contribution in [0.5, 0.6) is 0 Å². The number of aryl methyl sites for hydroxylation is 1. The Morgan fingerprint density at radius 1 is 1.33 bits per heavy atom. The number of H-pyrrole nitrogens is 1. The summed E-state index contributed by atoms with van der Waals surface area (Å²) in [7, 11) is 0. The molecule has 0 aliphatic rings. The van der Waals surface area contributed by atoms with E-state index >= 15 is 0 Å². The highest BCUT2D eigenvalue weighted by Gasteiger charge is 2.26. The molecule has 11 heteroatoms. The van der Waals surface area contributed by atoms with Gasteiger partial charge in [0.1, 0.15) is 23.8 Å². The zero-order valence-corrected chi connectivity index (χ0v) is 13.1. The molecule has 122 valence electrons. The van der Waals surface area contributed by atoms with E-state index in [9.17, 15) is 10.1 Å². The minimum atomic E-state index is -0.420. The number of hydrogen-bond donors (Lipinski definition) is 1. The van der Waals surface area contributed by atoms with Crippen LogP contribution in [0.2, 0.25) is 0 Å². The molecule has 0 saturated heterocycles. The lowest BCUT2D eigenvalue weighted by atomic mass is 10.3. The second-order valence-electron chi connectivity index (χ2n) is 5.51. The summed E-state index contributed by atoms with van der Waals surface area (Å²) in [6, 6.07) is -0.362. The molecule has 24 heavy (non-hydrogen) atoms. The van der Waals surface area contributed by atoms with Crippen molar-refractivity contribution in [1.29, 1.82) is 0 Å². The first kappa shape index (κ1) is 14.2. The normalized spacial score (nSPS) is 13.0. The van der Waals surface area contributed by atoms with Crippen LogP contribution in [0.25, 0.3) is 16.7 Å². The Balaban J connectivity index is 1.85. The van der Waals surface area contributed by atoms with Crippen molar-refractivity contribution in [1.82, 2.24) is 39.6 Å². The van der Waals surface area contributed by atoms with Gasteiger partial charge >= 0.3 is 5.69 Å². The van der Waals surface area contributed by atoms with Crippen LogP contribution in [-0.4, -0.2) is 44.5 Å². The monoisotopic (exact) mass is 327 g/mol. The molecule has 0 amide bonds. The summed E-state index contributed by atoms with van der Waals surface area (Å²) in [5, 5.41) is 27.4. The zero-order chi connectivity index (χ0) is 17.0. The van der Waals surface area contributed by atoms with Crippen molar-refractivity contribution in [3.8, 4) is 0 Å². The fourth-order valence-electron chi connectivity index (χ4n) is 2.84. The van der Waals surface area contributed by atoms with Crippen LogP contribution in [0.4, 0.5) is 5.69 Å². The Kier molecular flexibility index (Phi) is 2.85. The van der Waals surface area contributed by atoms with Crippen molar-refractivity contribution >= 4 is 22.4 Å². The van der Waals surface area contributed by atoms with E-state index in [1.807, 2.05) is 6.92 Å². The van der Waals surface area contributed by atoms with Gasteiger partial charge in [0, 0.05) is 0 Å². The molecule has 0 aliphatic carbocycles. The van der Waals surface area contributed by atoms with E-state index in [4.69, 9.17) is 0 Å². The fourth-order valence-corrected chi connectivity index (χ4v) is 2.84. The minimum absolute atomic E-state index is 0.0181. The summed E-state index contributed by atoms with van der Waals surface area (Å²) < 4.78 is 3.13. The third kappa shape index (κ3) is 1.87. The van der Waals surface area contributed by atoms with Crippen molar-refractivity contribution < 1.29 is 4.92 Å². The maximum atomic E-state index is 11.2. The van der Waals surface area contributed by atoms with Crippen molar-refractivity contribution in [3.63, 3.8) is 0 Å². The first-order chi connectivity index (χ1) is 11.5. The van der Waals surface area contributed by atoms with E-state index in [2.05, 4.69) is 30.4 Å². The largest absolute Gasteiger partial charge is 0.312 e. The smallest absolute Gasteiger partial charge is 0.261 e. The lowest BCUT2D eigenvalue weighted by Gasteiger charge is -2.09. The Hall–Kier alpha value is -3.37. The van der Waals surface area contributed by atoms with E-state index in [-0.39, 0.29) is 11.7 Å². The molecule has 0 aliphatic heterocycles. The SMILES string of the molecule is Cc1nn(C(C)c2nc3c4cn[nH]c4ncn3n2)c(C)c1[N+](=O)[O-]. The highest BCUT2D eigenvalue weighted by Crippen LogP contribution is 2.27. The van der Waals surface area contributed by atoms with Gasteiger partial charge in [0.25, 0.3) is 0 Å². The number of fused-ring (bicyclic) bond motifs is 3. The van der Waals surface area contributed by atoms with Crippen molar-refractivity contribution in [2.75, 3.05) is 0 Å². The van der Waals surface area contributed by atoms with Crippen molar-refractivity contribution in [2.24, 2.45) is 0 Å². The highest BCUT2D eigenvalue weighted by atomic mass is 16.6. The first-order valence-corrected chi connectivity index (χ1v) is 7.22. The molecule has 0 fully saturated rings. The predicted octanol–water partition coefficient (Wildman–Crippen LogP) is 1.33. The second kappa shape index (κ2) is 4.81.